The number of carbonyl (C=O) groups excluding carboxylic acids is 1. The van der Waals surface area contributed by atoms with Gasteiger partial charge in [-0.2, -0.15) is 4.37 Å². The molecule has 9 heteroatoms. The molecule has 1 heterocycles. The van der Waals surface area contributed by atoms with Crippen LogP contribution in [0.15, 0.2) is 18.2 Å². The predicted molar refractivity (Wildman–Crippen MR) is 75.2 cm³/mol. The largest absolute Gasteiger partial charge is 0.383 e. The first-order valence-electron chi connectivity index (χ1n) is 5.59. The molecule has 104 valence electrons. The van der Waals surface area contributed by atoms with Crippen LogP contribution in [0.2, 0.25) is 0 Å². The first-order chi connectivity index (χ1) is 9.51. The lowest BCUT2D eigenvalue weighted by atomic mass is 10.1. The molecule has 0 unspecified atom stereocenters. The summed E-state index contributed by atoms with van der Waals surface area (Å²) in [6.45, 7) is 1.72. The zero-order chi connectivity index (χ0) is 14.7. The Morgan fingerprint density at radius 2 is 2.20 bits per heavy atom. The molecule has 0 saturated heterocycles. The number of rotatable bonds is 4. The van der Waals surface area contributed by atoms with E-state index in [4.69, 9.17) is 0 Å². The molecule has 2 aromatic rings. The standard InChI is InChI=1S/C11H11N5O3S/c1-6-13-11(20-15-6)14-10(17)7-3-4-9(16(18)19)8(5-7)12-2/h3-5,12H,1-2H3,(H,13,14,15,17). The van der Waals surface area contributed by atoms with Gasteiger partial charge in [-0.1, -0.05) is 0 Å². The van der Waals surface area contributed by atoms with Crippen molar-refractivity contribution in [2.75, 3.05) is 17.7 Å². The van der Waals surface area contributed by atoms with Gasteiger partial charge in [0.2, 0.25) is 5.13 Å². The van der Waals surface area contributed by atoms with Crippen molar-refractivity contribution in [3.8, 4) is 0 Å². The maximum Gasteiger partial charge on any atom is 0.292 e. The van der Waals surface area contributed by atoms with Crippen molar-refractivity contribution >= 4 is 33.9 Å². The molecule has 0 saturated carbocycles. The molecular weight excluding hydrogens is 282 g/mol. The second-order valence-electron chi connectivity index (χ2n) is 3.84. The minimum Gasteiger partial charge on any atom is -0.383 e. The predicted octanol–water partition coefficient (Wildman–Crippen LogP) is 2.05. The Hall–Kier alpha value is -2.55. The number of anilines is 2. The Balaban J connectivity index is 2.24. The third-order valence-corrected chi connectivity index (χ3v) is 3.19. The number of nitrogens with zero attached hydrogens (tertiary/aromatic N) is 3. The Labute approximate surface area is 118 Å². The molecule has 20 heavy (non-hydrogen) atoms. The third-order valence-electron chi connectivity index (χ3n) is 2.47. The molecular formula is C11H11N5O3S. The number of nitro groups is 1. The van der Waals surface area contributed by atoms with Crippen LogP contribution in [0.1, 0.15) is 16.2 Å². The molecule has 1 amide bonds. The van der Waals surface area contributed by atoms with Crippen LogP contribution < -0.4 is 10.6 Å². The average molecular weight is 293 g/mol. The van der Waals surface area contributed by atoms with Crippen molar-refractivity contribution in [3.05, 3.63) is 39.7 Å². The lowest BCUT2D eigenvalue weighted by Gasteiger charge is -2.05. The van der Waals surface area contributed by atoms with E-state index >= 15 is 0 Å². The summed E-state index contributed by atoms with van der Waals surface area (Å²) in [7, 11) is 1.55. The van der Waals surface area contributed by atoms with E-state index in [2.05, 4.69) is 20.0 Å². The summed E-state index contributed by atoms with van der Waals surface area (Å²) in [4.78, 5) is 26.3. The first kappa shape index (κ1) is 13.9. The average Bonchev–Trinajstić information content (AvgIpc) is 2.83. The van der Waals surface area contributed by atoms with Gasteiger partial charge in [-0.25, -0.2) is 4.98 Å². The number of carbonyl (C=O) groups is 1. The SMILES string of the molecule is CNc1cc(C(=O)Nc2nc(C)ns2)ccc1[N+](=O)[O-]. The van der Waals surface area contributed by atoms with Gasteiger partial charge in [0.15, 0.2) is 0 Å². The molecule has 1 aromatic carbocycles. The fraction of sp³-hybridized carbons (Fsp3) is 0.182. The Kier molecular flexibility index (Phi) is 3.89. The second-order valence-corrected chi connectivity index (χ2v) is 4.59. The van der Waals surface area contributed by atoms with Crippen molar-refractivity contribution in [3.63, 3.8) is 0 Å². The van der Waals surface area contributed by atoms with Crippen molar-refractivity contribution in [2.24, 2.45) is 0 Å². The van der Waals surface area contributed by atoms with Gasteiger partial charge in [-0.15, -0.1) is 0 Å². The molecule has 0 radical (unpaired) electrons. The Morgan fingerprint density at radius 3 is 2.75 bits per heavy atom. The molecule has 0 bridgehead atoms. The van der Waals surface area contributed by atoms with Crippen LogP contribution in [0.4, 0.5) is 16.5 Å². The summed E-state index contributed by atoms with van der Waals surface area (Å²) in [5.74, 6) is 0.178. The molecule has 0 spiro atoms. The number of hydrogen-bond donors (Lipinski definition) is 2. The minimum atomic E-state index is -0.512. The number of aromatic nitrogens is 2. The zero-order valence-corrected chi connectivity index (χ0v) is 11.5. The summed E-state index contributed by atoms with van der Waals surface area (Å²) in [6, 6.07) is 4.09. The molecule has 0 atom stereocenters. The summed E-state index contributed by atoms with van der Waals surface area (Å²) in [5.41, 5.74) is 0.486. The smallest absolute Gasteiger partial charge is 0.292 e. The highest BCUT2D eigenvalue weighted by Crippen LogP contribution is 2.25. The van der Waals surface area contributed by atoms with Gasteiger partial charge >= 0.3 is 0 Å². The van der Waals surface area contributed by atoms with E-state index in [0.717, 1.165) is 11.5 Å². The third kappa shape index (κ3) is 2.88. The maximum absolute atomic E-state index is 12.0. The van der Waals surface area contributed by atoms with Crippen LogP contribution in [0.25, 0.3) is 0 Å². The van der Waals surface area contributed by atoms with Crippen molar-refractivity contribution < 1.29 is 9.72 Å². The molecule has 2 rings (SSSR count). The molecule has 1 aromatic heterocycles. The number of nitro benzene ring substituents is 1. The van der Waals surface area contributed by atoms with Crippen LogP contribution in [0, 0.1) is 17.0 Å². The number of aryl methyl sites for hydroxylation is 1. The van der Waals surface area contributed by atoms with E-state index in [1.807, 2.05) is 0 Å². The van der Waals surface area contributed by atoms with E-state index in [9.17, 15) is 14.9 Å². The van der Waals surface area contributed by atoms with Crippen LogP contribution in [0.5, 0.6) is 0 Å². The van der Waals surface area contributed by atoms with Crippen LogP contribution in [0.3, 0.4) is 0 Å². The van der Waals surface area contributed by atoms with Crippen molar-refractivity contribution in [1.29, 1.82) is 0 Å². The summed E-state index contributed by atoms with van der Waals surface area (Å²) in [5, 5.41) is 16.5. The van der Waals surface area contributed by atoms with Gasteiger partial charge in [0.25, 0.3) is 11.6 Å². The van der Waals surface area contributed by atoms with E-state index in [1.54, 1.807) is 14.0 Å². The van der Waals surface area contributed by atoms with E-state index in [-0.39, 0.29) is 11.4 Å². The second kappa shape index (κ2) is 5.61. The van der Waals surface area contributed by atoms with E-state index in [0.29, 0.717) is 16.5 Å². The van der Waals surface area contributed by atoms with Crippen LogP contribution in [-0.2, 0) is 0 Å². The fourth-order valence-electron chi connectivity index (χ4n) is 1.55. The molecule has 8 nitrogen and oxygen atoms in total. The topological polar surface area (TPSA) is 110 Å². The van der Waals surface area contributed by atoms with Gasteiger partial charge in [0.05, 0.1) is 4.92 Å². The Morgan fingerprint density at radius 1 is 1.45 bits per heavy atom. The lowest BCUT2D eigenvalue weighted by Crippen LogP contribution is -2.12. The molecule has 0 aliphatic carbocycles. The minimum absolute atomic E-state index is 0.0872. The molecule has 0 aliphatic heterocycles. The highest BCUT2D eigenvalue weighted by atomic mass is 32.1. The first-order valence-corrected chi connectivity index (χ1v) is 6.36. The number of hydrogen-bond acceptors (Lipinski definition) is 7. The highest BCUT2D eigenvalue weighted by Gasteiger charge is 2.16. The molecule has 2 N–H and O–H groups in total. The van der Waals surface area contributed by atoms with Gasteiger partial charge in [0, 0.05) is 30.2 Å². The van der Waals surface area contributed by atoms with Gasteiger partial charge < -0.3 is 5.32 Å². The van der Waals surface area contributed by atoms with Crippen LogP contribution >= 0.6 is 11.5 Å². The zero-order valence-electron chi connectivity index (χ0n) is 10.7. The van der Waals surface area contributed by atoms with E-state index in [1.165, 1.54) is 18.2 Å². The summed E-state index contributed by atoms with van der Waals surface area (Å²) < 4.78 is 3.95. The molecule has 0 fully saturated rings. The van der Waals surface area contributed by atoms with Crippen LogP contribution in [-0.4, -0.2) is 27.2 Å². The van der Waals surface area contributed by atoms with Gasteiger partial charge in [-0.05, 0) is 19.1 Å². The molecule has 0 aliphatic rings. The normalized spacial score (nSPS) is 10.1. The monoisotopic (exact) mass is 293 g/mol. The Bertz CT molecular complexity index is 670. The number of amides is 1. The maximum atomic E-state index is 12.0. The summed E-state index contributed by atoms with van der Waals surface area (Å²) >= 11 is 1.07. The lowest BCUT2D eigenvalue weighted by molar-refractivity contribution is -0.383. The number of nitrogens with one attached hydrogen (secondary N) is 2. The fourth-order valence-corrected chi connectivity index (χ4v) is 2.12. The van der Waals surface area contributed by atoms with Crippen molar-refractivity contribution in [1.82, 2.24) is 9.36 Å². The highest BCUT2D eigenvalue weighted by molar-refractivity contribution is 7.09. The van der Waals surface area contributed by atoms with E-state index < -0.39 is 10.8 Å². The van der Waals surface area contributed by atoms with Gasteiger partial charge in [0.1, 0.15) is 11.5 Å². The van der Waals surface area contributed by atoms with Gasteiger partial charge in [-0.3, -0.25) is 20.2 Å². The summed E-state index contributed by atoms with van der Waals surface area (Å²) in [6.07, 6.45) is 0. The van der Waals surface area contributed by atoms with Crippen molar-refractivity contribution in [2.45, 2.75) is 6.92 Å². The quantitative estimate of drug-likeness (QED) is 0.659. The number of benzene rings is 1.